The van der Waals surface area contributed by atoms with Crippen LogP contribution in [0.15, 0.2) is 18.2 Å². The third kappa shape index (κ3) is 1.54. The van der Waals surface area contributed by atoms with Crippen LogP contribution >= 0.6 is 0 Å². The summed E-state index contributed by atoms with van der Waals surface area (Å²) >= 11 is 0. The molecule has 0 saturated carbocycles. The molecule has 6 heteroatoms. The lowest BCUT2D eigenvalue weighted by molar-refractivity contribution is 0.0600. The minimum Gasteiger partial charge on any atom is -0.465 e. The van der Waals surface area contributed by atoms with Crippen LogP contribution in [-0.2, 0) is 4.74 Å². The van der Waals surface area contributed by atoms with Gasteiger partial charge in [0, 0.05) is 6.92 Å². The van der Waals surface area contributed by atoms with Crippen LogP contribution in [0.3, 0.4) is 0 Å². The molecule has 2 rings (SSSR count). The lowest BCUT2D eigenvalue weighted by Gasteiger charge is -1.98. The highest BCUT2D eigenvalue weighted by Gasteiger charge is 2.11. The van der Waals surface area contributed by atoms with Crippen molar-refractivity contribution in [2.45, 2.75) is 6.92 Å². The Kier molecular flexibility index (Phi) is 2.40. The van der Waals surface area contributed by atoms with Crippen LogP contribution in [-0.4, -0.2) is 34.0 Å². The van der Waals surface area contributed by atoms with Gasteiger partial charge in [0.2, 0.25) is 5.91 Å². The molecular weight excluding hydrogens is 210 g/mol. The zero-order chi connectivity index (χ0) is 11.7. The molecule has 0 amide bonds. The first-order valence-corrected chi connectivity index (χ1v) is 4.58. The van der Waals surface area contributed by atoms with E-state index in [1.807, 2.05) is 0 Å². The largest absolute Gasteiger partial charge is 0.465 e. The number of ether oxygens (including phenoxy) is 1. The first-order valence-electron chi connectivity index (χ1n) is 4.58. The van der Waals surface area contributed by atoms with Crippen molar-refractivity contribution in [3.63, 3.8) is 0 Å². The van der Waals surface area contributed by atoms with E-state index in [9.17, 15) is 9.59 Å². The molecule has 0 N–H and O–H groups in total. The fourth-order valence-electron chi connectivity index (χ4n) is 1.40. The van der Waals surface area contributed by atoms with Crippen LogP contribution in [0.4, 0.5) is 0 Å². The average Bonchev–Trinajstić information content (AvgIpc) is 2.70. The number of methoxy groups -OCH3 is 1. The van der Waals surface area contributed by atoms with Gasteiger partial charge in [0.05, 0.1) is 18.2 Å². The minimum atomic E-state index is -0.445. The summed E-state index contributed by atoms with van der Waals surface area (Å²) in [6.45, 7) is 1.39. The summed E-state index contributed by atoms with van der Waals surface area (Å²) in [5.41, 5.74) is 1.43. The van der Waals surface area contributed by atoms with Crippen LogP contribution in [0.1, 0.15) is 22.1 Å². The number of rotatable bonds is 1. The number of carbonyl (C=O) groups is 2. The monoisotopic (exact) mass is 219 g/mol. The van der Waals surface area contributed by atoms with E-state index in [-0.39, 0.29) is 5.91 Å². The first kappa shape index (κ1) is 10.3. The highest BCUT2D eigenvalue weighted by Crippen LogP contribution is 2.13. The Morgan fingerprint density at radius 2 is 2.12 bits per heavy atom. The average molecular weight is 219 g/mol. The Morgan fingerprint density at radius 1 is 1.38 bits per heavy atom. The van der Waals surface area contributed by atoms with Crippen molar-refractivity contribution >= 4 is 22.9 Å². The molecular formula is C10H9N3O3. The topological polar surface area (TPSA) is 74.1 Å². The van der Waals surface area contributed by atoms with Crippen molar-refractivity contribution in [2.75, 3.05) is 7.11 Å². The predicted molar refractivity (Wildman–Crippen MR) is 55.2 cm³/mol. The summed E-state index contributed by atoms with van der Waals surface area (Å²) in [7, 11) is 1.30. The zero-order valence-electron chi connectivity index (χ0n) is 8.80. The van der Waals surface area contributed by atoms with Gasteiger partial charge in [0.1, 0.15) is 5.52 Å². The van der Waals surface area contributed by atoms with E-state index in [0.29, 0.717) is 16.6 Å². The minimum absolute atomic E-state index is 0.228. The smallest absolute Gasteiger partial charge is 0.337 e. The number of hydrogen-bond acceptors (Lipinski definition) is 5. The molecule has 0 unspecified atom stereocenters. The maximum Gasteiger partial charge on any atom is 0.337 e. The van der Waals surface area contributed by atoms with Crippen molar-refractivity contribution in [1.29, 1.82) is 0 Å². The van der Waals surface area contributed by atoms with Gasteiger partial charge in [-0.15, -0.1) is 5.10 Å². The molecule has 0 spiro atoms. The highest BCUT2D eigenvalue weighted by molar-refractivity contribution is 5.95. The Labute approximate surface area is 90.8 Å². The molecule has 0 aliphatic carbocycles. The number of aromatic nitrogens is 3. The van der Waals surface area contributed by atoms with E-state index in [0.717, 1.165) is 0 Å². The van der Waals surface area contributed by atoms with Gasteiger partial charge in [-0.2, -0.15) is 4.68 Å². The maximum absolute atomic E-state index is 11.3. The van der Waals surface area contributed by atoms with Crippen molar-refractivity contribution in [2.24, 2.45) is 0 Å². The molecule has 1 heterocycles. The number of benzene rings is 1. The molecule has 0 saturated heterocycles. The number of nitrogens with zero attached hydrogens (tertiary/aromatic N) is 3. The Balaban J connectivity index is 2.57. The molecule has 0 atom stereocenters. The van der Waals surface area contributed by atoms with Gasteiger partial charge >= 0.3 is 5.97 Å². The molecule has 0 bridgehead atoms. The molecule has 82 valence electrons. The molecule has 0 fully saturated rings. The first-order chi connectivity index (χ1) is 7.63. The second kappa shape index (κ2) is 3.73. The van der Waals surface area contributed by atoms with Crippen LogP contribution in [0.25, 0.3) is 11.0 Å². The Bertz CT molecular complexity index is 574. The number of esters is 1. The van der Waals surface area contributed by atoms with E-state index in [1.54, 1.807) is 12.1 Å². The van der Waals surface area contributed by atoms with Gasteiger partial charge in [0.25, 0.3) is 0 Å². The Hall–Kier alpha value is -2.24. The van der Waals surface area contributed by atoms with Gasteiger partial charge in [-0.05, 0) is 18.2 Å². The third-order valence-electron chi connectivity index (χ3n) is 2.16. The van der Waals surface area contributed by atoms with Crippen molar-refractivity contribution in [3.05, 3.63) is 23.8 Å². The maximum atomic E-state index is 11.3. The normalized spacial score (nSPS) is 10.4. The van der Waals surface area contributed by atoms with Crippen molar-refractivity contribution in [1.82, 2.24) is 15.0 Å². The molecule has 0 aliphatic heterocycles. The molecule has 1 aromatic heterocycles. The lowest BCUT2D eigenvalue weighted by Crippen LogP contribution is -2.07. The van der Waals surface area contributed by atoms with E-state index in [4.69, 9.17) is 0 Å². The summed E-state index contributed by atoms with van der Waals surface area (Å²) in [5, 5.41) is 7.49. The third-order valence-corrected chi connectivity index (χ3v) is 2.16. The highest BCUT2D eigenvalue weighted by atomic mass is 16.5. The SMILES string of the molecule is COC(=O)c1ccc2c(c1)nnn2C(C)=O. The number of fused-ring (bicyclic) bond motifs is 1. The molecule has 2 aromatic rings. The van der Waals surface area contributed by atoms with E-state index < -0.39 is 5.97 Å². The fraction of sp³-hybridized carbons (Fsp3) is 0.200. The van der Waals surface area contributed by atoms with E-state index in [1.165, 1.54) is 24.8 Å². The zero-order valence-corrected chi connectivity index (χ0v) is 8.80. The van der Waals surface area contributed by atoms with Crippen LogP contribution < -0.4 is 0 Å². The number of hydrogen-bond donors (Lipinski definition) is 0. The molecule has 0 radical (unpaired) electrons. The predicted octanol–water partition coefficient (Wildman–Crippen LogP) is 0.878. The van der Waals surface area contributed by atoms with Crippen molar-refractivity contribution < 1.29 is 14.3 Å². The molecule has 16 heavy (non-hydrogen) atoms. The van der Waals surface area contributed by atoms with Gasteiger partial charge in [-0.1, -0.05) is 5.21 Å². The standard InChI is InChI=1S/C10H9N3O3/c1-6(14)13-9-4-3-7(10(15)16-2)5-8(9)11-12-13/h3-5H,1-2H3. The van der Waals surface area contributed by atoms with Crippen molar-refractivity contribution in [3.8, 4) is 0 Å². The quantitative estimate of drug-likeness (QED) is 0.665. The number of carbonyl (C=O) groups excluding carboxylic acids is 2. The summed E-state index contributed by atoms with van der Waals surface area (Å²) < 4.78 is 5.76. The fourth-order valence-corrected chi connectivity index (χ4v) is 1.40. The van der Waals surface area contributed by atoms with E-state index in [2.05, 4.69) is 15.0 Å². The van der Waals surface area contributed by atoms with Crippen LogP contribution in [0.5, 0.6) is 0 Å². The second-order valence-electron chi connectivity index (χ2n) is 3.22. The van der Waals surface area contributed by atoms with Gasteiger partial charge in [-0.3, -0.25) is 4.79 Å². The molecule has 0 aliphatic rings. The molecule has 6 nitrogen and oxygen atoms in total. The summed E-state index contributed by atoms with van der Waals surface area (Å²) in [4.78, 5) is 22.4. The van der Waals surface area contributed by atoms with Crippen LogP contribution in [0.2, 0.25) is 0 Å². The van der Waals surface area contributed by atoms with Crippen LogP contribution in [0, 0.1) is 0 Å². The van der Waals surface area contributed by atoms with Gasteiger partial charge in [0.15, 0.2) is 0 Å². The van der Waals surface area contributed by atoms with Gasteiger partial charge in [-0.25, -0.2) is 4.79 Å². The molecule has 1 aromatic carbocycles. The summed E-state index contributed by atoms with van der Waals surface area (Å²) in [6, 6.07) is 4.72. The summed E-state index contributed by atoms with van der Waals surface area (Å²) in [5.74, 6) is -0.674. The van der Waals surface area contributed by atoms with E-state index >= 15 is 0 Å². The lowest BCUT2D eigenvalue weighted by atomic mass is 10.2. The second-order valence-corrected chi connectivity index (χ2v) is 3.22. The summed E-state index contributed by atoms with van der Waals surface area (Å²) in [6.07, 6.45) is 0. The van der Waals surface area contributed by atoms with Gasteiger partial charge < -0.3 is 4.74 Å². The Morgan fingerprint density at radius 3 is 2.75 bits per heavy atom.